The van der Waals surface area contributed by atoms with E-state index in [9.17, 15) is 18.3 Å². The lowest BCUT2D eigenvalue weighted by molar-refractivity contribution is 0.0696. The highest BCUT2D eigenvalue weighted by molar-refractivity contribution is 7.92. The van der Waals surface area contributed by atoms with E-state index in [1.54, 1.807) is 0 Å². The molecule has 122 valence electrons. The lowest BCUT2D eigenvalue weighted by atomic mass is 9.93. The zero-order valence-corrected chi connectivity index (χ0v) is 12.8. The van der Waals surface area contributed by atoms with Crippen molar-refractivity contribution in [3.63, 3.8) is 0 Å². The van der Waals surface area contributed by atoms with E-state index in [2.05, 4.69) is 9.82 Å². The Morgan fingerprint density at radius 3 is 2.65 bits per heavy atom. The zero-order chi connectivity index (χ0) is 16.6. The lowest BCUT2D eigenvalue weighted by Gasteiger charge is -2.27. The molecule has 1 aromatic heterocycles. The fourth-order valence-electron chi connectivity index (χ4n) is 2.42. The molecule has 0 radical (unpaired) electrons. The number of hydrogen-bond acceptors (Lipinski definition) is 5. The van der Waals surface area contributed by atoms with Gasteiger partial charge in [-0.15, -0.1) is 0 Å². The van der Waals surface area contributed by atoms with Crippen LogP contribution in [-0.2, 0) is 10.0 Å². The monoisotopic (exact) mass is 337 g/mol. The van der Waals surface area contributed by atoms with Crippen LogP contribution in [0.2, 0.25) is 0 Å². The van der Waals surface area contributed by atoms with Crippen LogP contribution >= 0.6 is 0 Å². The number of carboxylic acid groups (broad SMARTS) is 1. The summed E-state index contributed by atoms with van der Waals surface area (Å²) in [5, 5.41) is 22.6. The molecule has 9 heteroatoms. The van der Waals surface area contributed by atoms with Crippen molar-refractivity contribution in [1.82, 2.24) is 9.78 Å². The first-order chi connectivity index (χ1) is 10.9. The number of aromatic nitrogens is 2. The standard InChI is InChI=1S/C14H15N3O5S/c18-12-7-9(14(19)20)6-10(8-12)16-23(21,22)13-4-5-15-17(13)11-2-1-3-11/h4-8,11,16,18H,1-3H2,(H,19,20). The summed E-state index contributed by atoms with van der Waals surface area (Å²) in [4.78, 5) is 11.0. The van der Waals surface area contributed by atoms with Gasteiger partial charge in [0.2, 0.25) is 0 Å². The molecule has 1 aliphatic carbocycles. The van der Waals surface area contributed by atoms with E-state index < -0.39 is 16.0 Å². The number of phenols is 1. The van der Waals surface area contributed by atoms with Gasteiger partial charge in [0.05, 0.1) is 23.5 Å². The Balaban J connectivity index is 1.93. The molecule has 1 aromatic carbocycles. The van der Waals surface area contributed by atoms with Gasteiger partial charge in [0.15, 0.2) is 5.03 Å². The number of carboxylic acids is 1. The number of nitrogens with zero attached hydrogens (tertiary/aromatic N) is 2. The van der Waals surface area contributed by atoms with Crippen molar-refractivity contribution in [2.24, 2.45) is 0 Å². The van der Waals surface area contributed by atoms with Crippen molar-refractivity contribution < 1.29 is 23.4 Å². The zero-order valence-electron chi connectivity index (χ0n) is 12.0. The maximum absolute atomic E-state index is 12.5. The molecule has 0 aliphatic heterocycles. The van der Waals surface area contributed by atoms with Gasteiger partial charge in [0, 0.05) is 6.07 Å². The fourth-order valence-corrected chi connectivity index (χ4v) is 3.64. The molecule has 0 atom stereocenters. The second-order valence-corrected chi connectivity index (χ2v) is 7.01. The minimum atomic E-state index is -3.93. The molecule has 8 nitrogen and oxygen atoms in total. The topological polar surface area (TPSA) is 122 Å². The number of phenolic OH excluding ortho intramolecular Hbond substituents is 1. The Morgan fingerprint density at radius 1 is 1.30 bits per heavy atom. The lowest BCUT2D eigenvalue weighted by Crippen LogP contribution is -2.24. The van der Waals surface area contributed by atoms with Crippen molar-refractivity contribution in [1.29, 1.82) is 0 Å². The predicted octanol–water partition coefficient (Wildman–Crippen LogP) is 1.81. The van der Waals surface area contributed by atoms with E-state index in [4.69, 9.17) is 5.11 Å². The average Bonchev–Trinajstić information content (AvgIpc) is 2.85. The maximum atomic E-state index is 12.5. The quantitative estimate of drug-likeness (QED) is 0.765. The van der Waals surface area contributed by atoms with Crippen molar-refractivity contribution in [3.05, 3.63) is 36.0 Å². The second kappa shape index (κ2) is 5.58. The van der Waals surface area contributed by atoms with Crippen LogP contribution in [0.3, 0.4) is 0 Å². The summed E-state index contributed by atoms with van der Waals surface area (Å²) in [6.07, 6.45) is 4.20. The van der Waals surface area contributed by atoms with Gasteiger partial charge < -0.3 is 10.2 Å². The highest BCUT2D eigenvalue weighted by Gasteiger charge is 2.28. The number of benzene rings is 1. The SMILES string of the molecule is O=C(O)c1cc(O)cc(NS(=O)(=O)c2ccnn2C2CCC2)c1. The summed E-state index contributed by atoms with van der Waals surface area (Å²) in [7, 11) is -3.93. The molecule has 23 heavy (non-hydrogen) atoms. The van der Waals surface area contributed by atoms with Crippen LogP contribution in [0.15, 0.2) is 35.5 Å². The third-order valence-electron chi connectivity index (χ3n) is 3.75. The van der Waals surface area contributed by atoms with Crippen LogP contribution in [-0.4, -0.2) is 34.4 Å². The summed E-state index contributed by atoms with van der Waals surface area (Å²) in [6, 6.07) is 4.79. The van der Waals surface area contributed by atoms with Crippen molar-refractivity contribution in [3.8, 4) is 5.75 Å². The molecule has 0 unspecified atom stereocenters. The molecular formula is C14H15N3O5S. The summed E-state index contributed by atoms with van der Waals surface area (Å²) in [6.45, 7) is 0. The summed E-state index contributed by atoms with van der Waals surface area (Å²) in [5.41, 5.74) is -0.237. The molecule has 1 fully saturated rings. The van der Waals surface area contributed by atoms with Gasteiger partial charge in [-0.05, 0) is 37.5 Å². The van der Waals surface area contributed by atoms with Crippen molar-refractivity contribution in [2.75, 3.05) is 4.72 Å². The minimum Gasteiger partial charge on any atom is -0.508 e. The molecule has 1 saturated carbocycles. The smallest absolute Gasteiger partial charge is 0.335 e. The maximum Gasteiger partial charge on any atom is 0.335 e. The number of hydrogen-bond donors (Lipinski definition) is 3. The van der Waals surface area contributed by atoms with E-state index in [0.29, 0.717) is 0 Å². The van der Waals surface area contributed by atoms with Gasteiger partial charge in [-0.2, -0.15) is 13.5 Å². The third-order valence-corrected chi connectivity index (χ3v) is 5.13. The summed E-state index contributed by atoms with van der Waals surface area (Å²) in [5.74, 6) is -1.60. The van der Waals surface area contributed by atoms with Gasteiger partial charge in [-0.1, -0.05) is 0 Å². The van der Waals surface area contributed by atoms with E-state index in [1.807, 2.05) is 0 Å². The number of carbonyl (C=O) groups is 1. The van der Waals surface area contributed by atoms with E-state index in [0.717, 1.165) is 37.5 Å². The van der Waals surface area contributed by atoms with E-state index in [-0.39, 0.29) is 28.1 Å². The molecule has 0 amide bonds. The van der Waals surface area contributed by atoms with Crippen LogP contribution in [0.5, 0.6) is 5.75 Å². The number of anilines is 1. The molecule has 3 rings (SSSR count). The van der Waals surface area contributed by atoms with E-state index in [1.165, 1.54) is 16.9 Å². The Bertz CT molecular complexity index is 855. The number of sulfonamides is 1. The van der Waals surface area contributed by atoms with Crippen LogP contribution in [0.25, 0.3) is 0 Å². The average molecular weight is 337 g/mol. The number of aromatic carboxylic acids is 1. The van der Waals surface area contributed by atoms with E-state index >= 15 is 0 Å². The largest absolute Gasteiger partial charge is 0.508 e. The number of nitrogens with one attached hydrogen (secondary N) is 1. The van der Waals surface area contributed by atoms with Crippen molar-refractivity contribution >= 4 is 21.7 Å². The molecular weight excluding hydrogens is 322 g/mol. The van der Waals surface area contributed by atoms with Crippen LogP contribution in [0.4, 0.5) is 5.69 Å². The fraction of sp³-hybridized carbons (Fsp3) is 0.286. The van der Waals surface area contributed by atoms with Crippen LogP contribution in [0, 0.1) is 0 Å². The molecule has 2 aromatic rings. The second-order valence-electron chi connectivity index (χ2n) is 5.38. The molecule has 1 aliphatic rings. The first-order valence-corrected chi connectivity index (χ1v) is 8.49. The molecule has 0 spiro atoms. The Labute approximate surface area is 132 Å². The predicted molar refractivity (Wildman–Crippen MR) is 81.0 cm³/mol. The van der Waals surface area contributed by atoms with Gasteiger partial charge in [-0.25, -0.2) is 9.48 Å². The Hall–Kier alpha value is -2.55. The van der Waals surface area contributed by atoms with Crippen molar-refractivity contribution in [2.45, 2.75) is 30.3 Å². The Morgan fingerprint density at radius 2 is 2.04 bits per heavy atom. The molecule has 3 N–H and O–H groups in total. The number of rotatable bonds is 5. The van der Waals surface area contributed by atoms with Gasteiger partial charge >= 0.3 is 5.97 Å². The van der Waals surface area contributed by atoms with Gasteiger partial charge in [-0.3, -0.25) is 4.72 Å². The summed E-state index contributed by atoms with van der Waals surface area (Å²) >= 11 is 0. The van der Waals surface area contributed by atoms with Gasteiger partial charge in [0.1, 0.15) is 5.75 Å². The third kappa shape index (κ3) is 3.00. The number of aromatic hydroxyl groups is 1. The first-order valence-electron chi connectivity index (χ1n) is 7.00. The first kappa shape index (κ1) is 15.3. The summed E-state index contributed by atoms with van der Waals surface area (Å²) < 4.78 is 28.8. The minimum absolute atomic E-state index is 0.0161. The normalized spacial score (nSPS) is 15.1. The van der Waals surface area contributed by atoms with Crippen LogP contribution in [0.1, 0.15) is 35.7 Å². The highest BCUT2D eigenvalue weighted by atomic mass is 32.2. The molecule has 0 saturated heterocycles. The molecule has 1 heterocycles. The van der Waals surface area contributed by atoms with Crippen LogP contribution < -0.4 is 4.72 Å². The highest BCUT2D eigenvalue weighted by Crippen LogP contribution is 2.33. The Kier molecular flexibility index (Phi) is 3.72. The van der Waals surface area contributed by atoms with Gasteiger partial charge in [0.25, 0.3) is 10.0 Å². The molecule has 0 bridgehead atoms.